The molecule has 0 aliphatic rings. The second kappa shape index (κ2) is 5.14. The quantitative estimate of drug-likeness (QED) is 0.820. The monoisotopic (exact) mass is 251 g/mol. The minimum atomic E-state index is 0.0428. The van der Waals surface area contributed by atoms with Crippen LogP contribution in [0, 0.1) is 0 Å². The zero-order valence-corrected chi connectivity index (χ0v) is 10.5. The summed E-state index contributed by atoms with van der Waals surface area (Å²) in [5, 5.41) is 3.77. The molecule has 0 fully saturated rings. The van der Waals surface area contributed by atoms with Crippen LogP contribution in [-0.2, 0) is 6.42 Å². The van der Waals surface area contributed by atoms with E-state index in [2.05, 4.69) is 25.3 Å². The van der Waals surface area contributed by atoms with Gasteiger partial charge in [0.2, 0.25) is 0 Å². The Balaban J connectivity index is 2.21. The Morgan fingerprint density at radius 1 is 1.41 bits per heavy atom. The summed E-state index contributed by atoms with van der Waals surface area (Å²) in [6, 6.07) is 0.0428. The van der Waals surface area contributed by atoms with Gasteiger partial charge in [0.25, 0.3) is 0 Å². The maximum Gasteiger partial charge on any atom is 0.137 e. The summed E-state index contributed by atoms with van der Waals surface area (Å²) in [5.41, 5.74) is 0.924. The Kier molecular flexibility index (Phi) is 3.58. The van der Waals surface area contributed by atoms with Gasteiger partial charge in [-0.25, -0.2) is 15.0 Å². The van der Waals surface area contributed by atoms with E-state index >= 15 is 0 Å². The first kappa shape index (κ1) is 11.9. The Bertz CT molecular complexity index is 483. The van der Waals surface area contributed by atoms with E-state index in [1.807, 2.05) is 13.8 Å². The third-order valence-corrected chi connectivity index (χ3v) is 2.85. The van der Waals surface area contributed by atoms with Crippen LogP contribution in [0.2, 0.25) is 5.15 Å². The smallest absolute Gasteiger partial charge is 0.137 e. The molecule has 2 aromatic heterocycles. The van der Waals surface area contributed by atoms with Crippen LogP contribution in [0.3, 0.4) is 0 Å². The van der Waals surface area contributed by atoms with Crippen LogP contribution in [0.15, 0.2) is 18.7 Å². The molecular formula is C11H14ClN5. The normalized spacial score (nSPS) is 12.4. The molecule has 0 saturated heterocycles. The van der Waals surface area contributed by atoms with Crippen LogP contribution in [0.25, 0.3) is 0 Å². The molecule has 0 radical (unpaired) electrons. The summed E-state index contributed by atoms with van der Waals surface area (Å²) in [4.78, 5) is 15.4. The highest BCUT2D eigenvalue weighted by Crippen LogP contribution is 2.23. The second-order valence-corrected chi connectivity index (χ2v) is 4.04. The fraction of sp³-hybridized carbons (Fsp3) is 0.364. The average Bonchev–Trinajstić information content (AvgIpc) is 2.82. The van der Waals surface area contributed by atoms with E-state index < -0.39 is 0 Å². The SMILES string of the molecule is CCc1c(Cl)ncnc1NC(C)c1ncc[nH]1. The highest BCUT2D eigenvalue weighted by atomic mass is 35.5. The molecule has 0 aliphatic heterocycles. The van der Waals surface area contributed by atoms with Crippen LogP contribution in [0.5, 0.6) is 0 Å². The molecule has 17 heavy (non-hydrogen) atoms. The maximum absolute atomic E-state index is 6.02. The topological polar surface area (TPSA) is 66.5 Å². The number of aromatic amines is 1. The number of nitrogens with zero attached hydrogens (tertiary/aromatic N) is 3. The minimum Gasteiger partial charge on any atom is -0.360 e. The number of aromatic nitrogens is 4. The third kappa shape index (κ3) is 2.55. The summed E-state index contributed by atoms with van der Waals surface area (Å²) >= 11 is 6.02. The van der Waals surface area contributed by atoms with E-state index in [0.717, 1.165) is 23.6 Å². The third-order valence-electron chi connectivity index (χ3n) is 2.53. The van der Waals surface area contributed by atoms with Gasteiger partial charge in [0.05, 0.1) is 6.04 Å². The first-order valence-electron chi connectivity index (χ1n) is 5.47. The lowest BCUT2D eigenvalue weighted by Gasteiger charge is -2.15. The van der Waals surface area contributed by atoms with Crippen molar-refractivity contribution in [2.45, 2.75) is 26.3 Å². The number of anilines is 1. The molecule has 0 amide bonds. The summed E-state index contributed by atoms with van der Waals surface area (Å²) in [6.45, 7) is 4.03. The Morgan fingerprint density at radius 2 is 2.24 bits per heavy atom. The summed E-state index contributed by atoms with van der Waals surface area (Å²) in [7, 11) is 0. The molecule has 1 atom stereocenters. The number of nitrogens with one attached hydrogen (secondary N) is 2. The highest BCUT2D eigenvalue weighted by molar-refractivity contribution is 6.30. The van der Waals surface area contributed by atoms with Crippen molar-refractivity contribution in [1.29, 1.82) is 0 Å². The summed E-state index contributed by atoms with van der Waals surface area (Å²) < 4.78 is 0. The molecule has 0 aliphatic carbocycles. The molecule has 0 saturated carbocycles. The van der Waals surface area contributed by atoms with Gasteiger partial charge < -0.3 is 10.3 Å². The number of imidazole rings is 1. The highest BCUT2D eigenvalue weighted by Gasteiger charge is 2.12. The van der Waals surface area contributed by atoms with Crippen molar-refractivity contribution in [3.05, 3.63) is 35.3 Å². The first-order chi connectivity index (χ1) is 8.22. The van der Waals surface area contributed by atoms with Gasteiger partial charge in [0.1, 0.15) is 23.1 Å². The van der Waals surface area contributed by atoms with Gasteiger partial charge in [0, 0.05) is 18.0 Å². The van der Waals surface area contributed by atoms with Crippen molar-refractivity contribution >= 4 is 17.4 Å². The number of H-pyrrole nitrogens is 1. The molecule has 2 rings (SSSR count). The maximum atomic E-state index is 6.02. The summed E-state index contributed by atoms with van der Waals surface area (Å²) in [5.74, 6) is 1.62. The van der Waals surface area contributed by atoms with Crippen LogP contribution in [-0.4, -0.2) is 19.9 Å². The van der Waals surface area contributed by atoms with E-state index in [1.165, 1.54) is 6.33 Å². The van der Waals surface area contributed by atoms with Crippen LogP contribution in [0.1, 0.15) is 31.3 Å². The molecular weight excluding hydrogens is 238 g/mol. The second-order valence-electron chi connectivity index (χ2n) is 3.69. The number of halogens is 1. The molecule has 5 nitrogen and oxygen atoms in total. The molecule has 0 bridgehead atoms. The van der Waals surface area contributed by atoms with Crippen LogP contribution >= 0.6 is 11.6 Å². The van der Waals surface area contributed by atoms with E-state index in [9.17, 15) is 0 Å². The predicted octanol–water partition coefficient (Wildman–Crippen LogP) is 2.59. The predicted molar refractivity (Wildman–Crippen MR) is 67.0 cm³/mol. The van der Waals surface area contributed by atoms with Crippen molar-refractivity contribution in [2.24, 2.45) is 0 Å². The number of rotatable bonds is 4. The van der Waals surface area contributed by atoms with Gasteiger partial charge >= 0.3 is 0 Å². The molecule has 2 aromatic rings. The van der Waals surface area contributed by atoms with E-state index in [1.54, 1.807) is 12.4 Å². The Morgan fingerprint density at radius 3 is 2.88 bits per heavy atom. The molecule has 1 unspecified atom stereocenters. The lowest BCUT2D eigenvalue weighted by atomic mass is 10.2. The van der Waals surface area contributed by atoms with Gasteiger partial charge in [-0.2, -0.15) is 0 Å². The number of hydrogen-bond acceptors (Lipinski definition) is 4. The van der Waals surface area contributed by atoms with E-state index in [-0.39, 0.29) is 6.04 Å². The summed E-state index contributed by atoms with van der Waals surface area (Å²) in [6.07, 6.45) is 5.76. The van der Waals surface area contributed by atoms with Gasteiger partial charge in [0.15, 0.2) is 0 Å². The molecule has 90 valence electrons. The van der Waals surface area contributed by atoms with Crippen molar-refractivity contribution in [3.63, 3.8) is 0 Å². The Labute approximate surface area is 105 Å². The van der Waals surface area contributed by atoms with Gasteiger partial charge in [-0.05, 0) is 13.3 Å². The number of hydrogen-bond donors (Lipinski definition) is 2. The minimum absolute atomic E-state index is 0.0428. The fourth-order valence-electron chi connectivity index (χ4n) is 1.62. The van der Waals surface area contributed by atoms with Gasteiger partial charge in [-0.15, -0.1) is 0 Å². The fourth-order valence-corrected chi connectivity index (χ4v) is 1.88. The van der Waals surface area contributed by atoms with Crippen LogP contribution in [0.4, 0.5) is 5.82 Å². The zero-order chi connectivity index (χ0) is 12.3. The molecule has 2 heterocycles. The van der Waals surface area contributed by atoms with Gasteiger partial charge in [-0.3, -0.25) is 0 Å². The van der Waals surface area contributed by atoms with E-state index in [0.29, 0.717) is 5.15 Å². The van der Waals surface area contributed by atoms with Crippen LogP contribution < -0.4 is 5.32 Å². The molecule has 2 N–H and O–H groups in total. The van der Waals surface area contributed by atoms with Gasteiger partial charge in [-0.1, -0.05) is 18.5 Å². The largest absolute Gasteiger partial charge is 0.360 e. The molecule has 0 aromatic carbocycles. The average molecular weight is 252 g/mol. The van der Waals surface area contributed by atoms with Crippen molar-refractivity contribution in [2.75, 3.05) is 5.32 Å². The van der Waals surface area contributed by atoms with E-state index in [4.69, 9.17) is 11.6 Å². The zero-order valence-electron chi connectivity index (χ0n) is 9.74. The molecule has 6 heteroatoms. The van der Waals surface area contributed by atoms with Crippen molar-refractivity contribution < 1.29 is 0 Å². The van der Waals surface area contributed by atoms with Crippen molar-refractivity contribution in [1.82, 2.24) is 19.9 Å². The van der Waals surface area contributed by atoms with Crippen molar-refractivity contribution in [3.8, 4) is 0 Å². The first-order valence-corrected chi connectivity index (χ1v) is 5.85. The lowest BCUT2D eigenvalue weighted by Crippen LogP contribution is -2.11. The molecule has 0 spiro atoms. The Hall–Kier alpha value is -1.62. The lowest BCUT2D eigenvalue weighted by molar-refractivity contribution is 0.798. The standard InChI is InChI=1S/C11H14ClN5/c1-3-8-9(12)15-6-16-11(8)17-7(2)10-13-4-5-14-10/h4-7H,3H2,1-2H3,(H,13,14)(H,15,16,17).